The van der Waals surface area contributed by atoms with E-state index in [1.165, 1.54) is 6.92 Å². The molecule has 0 radical (unpaired) electrons. The zero-order valence-corrected chi connectivity index (χ0v) is 15.0. The van der Waals surface area contributed by atoms with Crippen LogP contribution in [0.15, 0.2) is 0 Å². The number of carbonyl (C=O) groups is 4. The van der Waals surface area contributed by atoms with Gasteiger partial charge in [-0.3, -0.25) is 0 Å². The zero-order valence-electron chi connectivity index (χ0n) is 15.0. The van der Waals surface area contributed by atoms with Crippen molar-refractivity contribution in [2.75, 3.05) is 0 Å². The third-order valence-electron chi connectivity index (χ3n) is 2.85. The summed E-state index contributed by atoms with van der Waals surface area (Å²) in [4.78, 5) is 41.3. The van der Waals surface area contributed by atoms with Crippen LogP contribution in [-0.4, -0.2) is 46.3 Å². The number of ether oxygens (including phenoxy) is 2. The van der Waals surface area contributed by atoms with Crippen molar-refractivity contribution in [1.29, 1.82) is 10.5 Å². The maximum Gasteiger partial charge on any atom is 0.418 e. The average molecular weight is 390 g/mol. The van der Waals surface area contributed by atoms with Crippen molar-refractivity contribution in [1.82, 2.24) is 0 Å². The van der Waals surface area contributed by atoms with E-state index >= 15 is 0 Å². The van der Waals surface area contributed by atoms with Gasteiger partial charge in [-0.1, -0.05) is 11.8 Å². The molecule has 2 N–H and O–H groups in total. The fraction of sp³-hybridized carbons (Fsp3) is 0.444. The number of nitrogens with zero attached hydrogens (tertiary/aromatic N) is 2. The molecule has 0 fully saturated rings. The van der Waals surface area contributed by atoms with Gasteiger partial charge in [-0.25, -0.2) is 19.2 Å². The maximum atomic E-state index is 10.6. The van der Waals surface area contributed by atoms with Crippen LogP contribution in [0.3, 0.4) is 0 Å². The lowest BCUT2D eigenvalue weighted by Gasteiger charge is -2.11. The molecule has 0 amide bonds. The van der Waals surface area contributed by atoms with Crippen LogP contribution in [0, 0.1) is 53.3 Å². The van der Waals surface area contributed by atoms with Crippen molar-refractivity contribution >= 4 is 23.9 Å². The van der Waals surface area contributed by atoms with E-state index in [0.29, 0.717) is 25.7 Å². The molecule has 0 aliphatic rings. The molecule has 0 aromatic carbocycles. The van der Waals surface area contributed by atoms with Gasteiger partial charge in [-0.05, 0) is 26.2 Å². The lowest BCUT2D eigenvalue weighted by Crippen LogP contribution is -2.27. The Morgan fingerprint density at radius 3 is 1.89 bits per heavy atom. The van der Waals surface area contributed by atoms with Gasteiger partial charge in [0.2, 0.25) is 0 Å². The van der Waals surface area contributed by atoms with Crippen LogP contribution in [0.2, 0.25) is 0 Å². The summed E-state index contributed by atoms with van der Waals surface area (Å²) in [7, 11) is 0. The summed E-state index contributed by atoms with van der Waals surface area (Å²) in [6, 6.07) is 3.71. The number of hydrogen-bond acceptors (Lipinski definition) is 8. The maximum absolute atomic E-state index is 10.6. The number of carboxylic acid groups (broad SMARTS) is 2. The van der Waals surface area contributed by atoms with Crippen LogP contribution in [-0.2, 0) is 28.7 Å². The molecule has 3 atom stereocenters. The molecule has 10 nitrogen and oxygen atoms in total. The Balaban J connectivity index is 0. The standard InChI is InChI=1S/C10H11NO4.C8H7NO4/c1-2-8(6-4-3-5-7-11)15-10(14)9(12)13;1-3-6(5(2)4-9)13-8(12)7(10)11/h1,8H,3-6H2,(H,12,13);1,5-6H,2H3,(H,10,11). The van der Waals surface area contributed by atoms with Gasteiger partial charge >= 0.3 is 23.9 Å². The average Bonchev–Trinajstić information content (AvgIpc) is 2.67. The number of carboxylic acids is 2. The predicted molar refractivity (Wildman–Crippen MR) is 91.6 cm³/mol. The van der Waals surface area contributed by atoms with Gasteiger partial charge in [-0.15, -0.1) is 12.8 Å². The molecule has 0 bridgehead atoms. The number of unbranched alkanes of at least 4 members (excludes halogenated alkanes) is 2. The van der Waals surface area contributed by atoms with E-state index < -0.39 is 42.0 Å². The topological polar surface area (TPSA) is 175 Å². The summed E-state index contributed by atoms with van der Waals surface area (Å²) in [5.74, 6) is -2.74. The van der Waals surface area contributed by atoms with Gasteiger partial charge < -0.3 is 19.7 Å². The molecule has 3 unspecified atom stereocenters. The van der Waals surface area contributed by atoms with Crippen LogP contribution >= 0.6 is 0 Å². The van der Waals surface area contributed by atoms with Crippen LogP contribution < -0.4 is 0 Å². The Bertz CT molecular complexity index is 733. The van der Waals surface area contributed by atoms with E-state index in [4.69, 9.17) is 33.6 Å². The van der Waals surface area contributed by atoms with Crippen molar-refractivity contribution in [2.24, 2.45) is 5.92 Å². The van der Waals surface area contributed by atoms with Crippen LogP contribution in [0.5, 0.6) is 0 Å². The fourth-order valence-corrected chi connectivity index (χ4v) is 1.40. The van der Waals surface area contributed by atoms with E-state index in [0.717, 1.165) is 0 Å². The Labute approximate surface area is 161 Å². The summed E-state index contributed by atoms with van der Waals surface area (Å²) in [6.07, 6.45) is 10.1. The Kier molecular flexibility index (Phi) is 14.3. The minimum atomic E-state index is -1.73. The molecule has 0 heterocycles. The summed E-state index contributed by atoms with van der Waals surface area (Å²) in [5.41, 5.74) is 0. The predicted octanol–water partition coefficient (Wildman–Crippen LogP) is 0.476. The zero-order chi connectivity index (χ0) is 22.1. The highest BCUT2D eigenvalue weighted by Gasteiger charge is 2.23. The monoisotopic (exact) mass is 390 g/mol. The molecule has 28 heavy (non-hydrogen) atoms. The second-order valence-corrected chi connectivity index (χ2v) is 4.99. The number of esters is 2. The highest BCUT2D eigenvalue weighted by molar-refractivity contribution is 6.29. The molecule has 0 aromatic heterocycles. The molecule has 0 aromatic rings. The van der Waals surface area contributed by atoms with E-state index in [9.17, 15) is 19.2 Å². The SMILES string of the molecule is C#CC(CCCCC#N)OC(=O)C(=O)O.C#CC(OC(=O)C(=O)O)C(C)C#N. The van der Waals surface area contributed by atoms with Gasteiger partial charge in [0.05, 0.1) is 18.1 Å². The van der Waals surface area contributed by atoms with Gasteiger partial charge in [0, 0.05) is 6.42 Å². The minimum absolute atomic E-state index is 0.372. The van der Waals surface area contributed by atoms with Gasteiger partial charge in [0.1, 0.15) is 0 Å². The first-order valence-electron chi connectivity index (χ1n) is 7.71. The quantitative estimate of drug-likeness (QED) is 0.269. The second kappa shape index (κ2) is 15.3. The van der Waals surface area contributed by atoms with Crippen molar-refractivity contribution in [3.63, 3.8) is 0 Å². The van der Waals surface area contributed by atoms with E-state index in [2.05, 4.69) is 15.4 Å². The Morgan fingerprint density at radius 1 is 0.964 bits per heavy atom. The molecule has 0 aliphatic carbocycles. The first-order chi connectivity index (χ1) is 13.1. The van der Waals surface area contributed by atoms with Crippen molar-refractivity contribution in [3.8, 4) is 36.8 Å². The van der Waals surface area contributed by atoms with Crippen molar-refractivity contribution in [3.05, 3.63) is 0 Å². The molecule has 0 saturated heterocycles. The summed E-state index contributed by atoms with van der Waals surface area (Å²) in [6.45, 7) is 1.43. The molecule has 148 valence electrons. The van der Waals surface area contributed by atoms with Crippen molar-refractivity contribution < 1.29 is 38.9 Å². The minimum Gasteiger partial charge on any atom is -0.473 e. The summed E-state index contributed by atoms with van der Waals surface area (Å²) >= 11 is 0. The van der Waals surface area contributed by atoms with Crippen LogP contribution in [0.25, 0.3) is 0 Å². The van der Waals surface area contributed by atoms with E-state index in [-0.39, 0.29) is 0 Å². The number of hydrogen-bond donors (Lipinski definition) is 2. The van der Waals surface area contributed by atoms with Crippen LogP contribution in [0.1, 0.15) is 32.6 Å². The first-order valence-corrected chi connectivity index (χ1v) is 7.71. The lowest BCUT2D eigenvalue weighted by atomic mass is 10.1. The van der Waals surface area contributed by atoms with Crippen LogP contribution in [0.4, 0.5) is 0 Å². The smallest absolute Gasteiger partial charge is 0.418 e. The van der Waals surface area contributed by atoms with Crippen molar-refractivity contribution in [2.45, 2.75) is 44.8 Å². The number of nitriles is 2. The third kappa shape index (κ3) is 12.4. The molecular formula is C18H18N2O8. The number of terminal acetylenes is 2. The largest absolute Gasteiger partial charge is 0.473 e. The molecule has 0 saturated carbocycles. The first kappa shape index (κ1) is 26.2. The van der Waals surface area contributed by atoms with E-state index in [1.54, 1.807) is 6.07 Å². The van der Waals surface area contributed by atoms with Gasteiger partial charge in [0.25, 0.3) is 0 Å². The highest BCUT2D eigenvalue weighted by Crippen LogP contribution is 2.06. The molecular weight excluding hydrogens is 372 g/mol. The summed E-state index contributed by atoms with van der Waals surface area (Å²) < 4.78 is 8.80. The Morgan fingerprint density at radius 2 is 1.50 bits per heavy atom. The lowest BCUT2D eigenvalue weighted by molar-refractivity contribution is -0.166. The summed E-state index contributed by atoms with van der Waals surface area (Å²) in [5, 5.41) is 33.1. The molecule has 0 aliphatic heterocycles. The number of rotatable bonds is 7. The fourth-order valence-electron chi connectivity index (χ4n) is 1.40. The number of carbonyl (C=O) groups excluding carboxylic acids is 2. The Hall–Kier alpha value is -4.02. The third-order valence-corrected chi connectivity index (χ3v) is 2.85. The second-order valence-electron chi connectivity index (χ2n) is 4.99. The molecule has 0 rings (SSSR count). The molecule has 10 heteroatoms. The normalized spacial score (nSPS) is 11.9. The highest BCUT2D eigenvalue weighted by atomic mass is 16.6. The van der Waals surface area contributed by atoms with Gasteiger partial charge in [-0.2, -0.15) is 10.5 Å². The van der Waals surface area contributed by atoms with E-state index in [1.807, 2.05) is 12.0 Å². The van der Waals surface area contributed by atoms with Gasteiger partial charge in [0.15, 0.2) is 12.2 Å². The molecule has 0 spiro atoms. The number of aliphatic carboxylic acids is 2.